The van der Waals surface area contributed by atoms with Crippen LogP contribution < -0.4 is 4.90 Å². The maximum absolute atomic E-state index is 13.1. The fraction of sp³-hybridized carbons (Fsp3) is 0.286. The smallest absolute Gasteiger partial charge is 0.254 e. The topological polar surface area (TPSA) is 96.5 Å². The number of nitrogens with zero attached hydrogens (tertiary/aromatic N) is 5. The van der Waals surface area contributed by atoms with Crippen LogP contribution in [0.2, 0.25) is 0 Å². The zero-order valence-corrected chi connectivity index (χ0v) is 21.5. The molecule has 2 aliphatic rings. The predicted octanol–water partition coefficient (Wildman–Crippen LogP) is 4.21. The molecule has 5 heterocycles. The molecular weight excluding hydrogens is 500 g/mol. The summed E-state index contributed by atoms with van der Waals surface area (Å²) < 4.78 is 12.1. The van der Waals surface area contributed by atoms with Crippen LogP contribution >= 0.6 is 11.3 Å². The number of fused-ring (bicyclic) bond motifs is 2. The molecular formula is C28H26N6O3S. The van der Waals surface area contributed by atoms with Gasteiger partial charge in [0, 0.05) is 47.6 Å². The maximum atomic E-state index is 13.1. The average Bonchev–Trinajstić information content (AvgIpc) is 3.65. The molecule has 7 rings (SSSR count). The molecule has 0 unspecified atom stereocenters. The van der Waals surface area contributed by atoms with Crippen molar-refractivity contribution in [1.82, 2.24) is 25.1 Å². The lowest BCUT2D eigenvalue weighted by Gasteiger charge is -2.28. The normalized spacial score (nSPS) is 16.4. The molecule has 192 valence electrons. The molecule has 5 aromatic rings. The molecule has 1 N–H and O–H groups in total. The number of hydrogen-bond donors (Lipinski definition) is 1. The monoisotopic (exact) mass is 526 g/mol. The number of nitrogens with one attached hydrogen (secondary N) is 1. The maximum Gasteiger partial charge on any atom is 0.254 e. The molecule has 0 radical (unpaired) electrons. The molecule has 0 aliphatic carbocycles. The molecule has 10 heteroatoms. The Balaban J connectivity index is 1.33. The number of hydrogen-bond acceptors (Lipinski definition) is 8. The quantitative estimate of drug-likeness (QED) is 0.375. The van der Waals surface area contributed by atoms with Crippen LogP contribution in [-0.2, 0) is 9.47 Å². The Morgan fingerprint density at radius 3 is 2.55 bits per heavy atom. The first-order chi connectivity index (χ1) is 18.7. The molecule has 0 spiro atoms. The molecule has 0 bridgehead atoms. The summed E-state index contributed by atoms with van der Waals surface area (Å²) in [6.07, 6.45) is 1.82. The number of carbonyl (C=O) groups is 1. The van der Waals surface area contributed by atoms with Gasteiger partial charge < -0.3 is 19.3 Å². The highest BCUT2D eigenvalue weighted by molar-refractivity contribution is 7.22. The van der Waals surface area contributed by atoms with Crippen molar-refractivity contribution in [2.24, 2.45) is 0 Å². The number of benzene rings is 2. The van der Waals surface area contributed by atoms with Gasteiger partial charge in [-0.1, -0.05) is 24.3 Å². The molecule has 9 nitrogen and oxygen atoms in total. The highest BCUT2D eigenvalue weighted by Crippen LogP contribution is 2.39. The van der Waals surface area contributed by atoms with Gasteiger partial charge in [0.05, 0.1) is 48.4 Å². The van der Waals surface area contributed by atoms with Crippen LogP contribution in [0, 0.1) is 0 Å². The summed E-state index contributed by atoms with van der Waals surface area (Å²) in [5.41, 5.74) is 4.47. The van der Waals surface area contributed by atoms with Gasteiger partial charge in [-0.15, -0.1) is 11.3 Å². The molecule has 3 aromatic heterocycles. The second kappa shape index (κ2) is 9.79. The van der Waals surface area contributed by atoms with Crippen molar-refractivity contribution in [2.75, 3.05) is 57.5 Å². The molecule has 2 saturated heterocycles. The van der Waals surface area contributed by atoms with Gasteiger partial charge in [0.15, 0.2) is 11.6 Å². The Labute approximate surface area is 223 Å². The third-order valence-corrected chi connectivity index (χ3v) is 8.25. The zero-order valence-electron chi connectivity index (χ0n) is 20.7. The molecule has 38 heavy (non-hydrogen) atoms. The molecule has 2 aromatic carbocycles. The van der Waals surface area contributed by atoms with Crippen LogP contribution in [0.1, 0.15) is 10.4 Å². The first-order valence-corrected chi connectivity index (χ1v) is 13.6. The van der Waals surface area contributed by atoms with E-state index in [4.69, 9.17) is 19.4 Å². The van der Waals surface area contributed by atoms with Crippen LogP contribution in [0.5, 0.6) is 0 Å². The van der Waals surface area contributed by atoms with Crippen molar-refractivity contribution in [1.29, 1.82) is 0 Å². The van der Waals surface area contributed by atoms with E-state index in [1.165, 1.54) is 0 Å². The van der Waals surface area contributed by atoms with Gasteiger partial charge in [-0.2, -0.15) is 5.10 Å². The number of aromatic nitrogens is 4. The van der Waals surface area contributed by atoms with E-state index in [0.29, 0.717) is 50.9 Å². The predicted molar refractivity (Wildman–Crippen MR) is 148 cm³/mol. The van der Waals surface area contributed by atoms with Gasteiger partial charge in [0.1, 0.15) is 0 Å². The van der Waals surface area contributed by atoms with E-state index in [1.807, 2.05) is 47.5 Å². The Kier molecular flexibility index (Phi) is 5.99. The van der Waals surface area contributed by atoms with Crippen LogP contribution in [0.25, 0.3) is 42.9 Å². The Morgan fingerprint density at radius 1 is 0.921 bits per heavy atom. The number of rotatable bonds is 4. The average molecular weight is 527 g/mol. The van der Waals surface area contributed by atoms with E-state index >= 15 is 0 Å². The minimum absolute atomic E-state index is 0.0422. The fourth-order valence-electron chi connectivity index (χ4n) is 5.08. The standard InChI is InChI=1S/C28H26N6O3S/c35-28(34-9-13-37-14-10-34)19-4-1-3-18(15-19)24-16-23-25(38-24)27(33-7-11-36-12-8-33)31-26(30-23)20-5-2-6-22-21(20)17-29-32-22/h1-6,15-17H,7-14H2,(H,29,32). The summed E-state index contributed by atoms with van der Waals surface area (Å²) in [6, 6.07) is 16.0. The minimum atomic E-state index is 0.0422. The largest absolute Gasteiger partial charge is 0.378 e. The summed E-state index contributed by atoms with van der Waals surface area (Å²) in [4.78, 5) is 28.4. The Hall–Kier alpha value is -3.86. The number of aromatic amines is 1. The summed E-state index contributed by atoms with van der Waals surface area (Å²) in [5, 5.41) is 8.25. The van der Waals surface area contributed by atoms with Crippen LogP contribution in [-0.4, -0.2) is 83.6 Å². The highest BCUT2D eigenvalue weighted by atomic mass is 32.1. The van der Waals surface area contributed by atoms with Crippen molar-refractivity contribution in [3.8, 4) is 21.8 Å². The summed E-state index contributed by atoms with van der Waals surface area (Å²) in [5.74, 6) is 1.64. The van der Waals surface area contributed by atoms with Crippen LogP contribution in [0.15, 0.2) is 54.7 Å². The first-order valence-electron chi connectivity index (χ1n) is 12.8. The van der Waals surface area contributed by atoms with Crippen molar-refractivity contribution in [3.63, 3.8) is 0 Å². The number of ether oxygens (including phenoxy) is 2. The number of anilines is 1. The van der Waals surface area contributed by atoms with E-state index in [2.05, 4.69) is 27.2 Å². The van der Waals surface area contributed by atoms with Gasteiger partial charge in [0.2, 0.25) is 0 Å². The SMILES string of the molecule is O=C(c1cccc(-c2cc3nc(-c4cccc5[nH]ncc45)nc(N4CCOCC4)c3s2)c1)N1CCOCC1. The zero-order chi connectivity index (χ0) is 25.5. The van der Waals surface area contributed by atoms with Crippen molar-refractivity contribution in [2.45, 2.75) is 0 Å². The lowest BCUT2D eigenvalue weighted by Crippen LogP contribution is -2.40. The van der Waals surface area contributed by atoms with Gasteiger partial charge in [-0.3, -0.25) is 9.89 Å². The number of amides is 1. The van der Waals surface area contributed by atoms with Gasteiger partial charge in [-0.25, -0.2) is 9.97 Å². The van der Waals surface area contributed by atoms with Gasteiger partial charge in [-0.05, 0) is 29.8 Å². The second-order valence-corrected chi connectivity index (χ2v) is 10.5. The first kappa shape index (κ1) is 23.3. The Morgan fingerprint density at radius 2 is 1.71 bits per heavy atom. The molecule has 0 atom stereocenters. The molecule has 0 saturated carbocycles. The number of H-pyrrole nitrogens is 1. The van der Waals surface area contributed by atoms with Crippen LogP contribution in [0.4, 0.5) is 5.82 Å². The number of carbonyl (C=O) groups excluding carboxylic acids is 1. The highest BCUT2D eigenvalue weighted by Gasteiger charge is 2.23. The van der Waals surface area contributed by atoms with E-state index in [0.717, 1.165) is 56.0 Å². The van der Waals surface area contributed by atoms with Gasteiger partial charge >= 0.3 is 0 Å². The lowest BCUT2D eigenvalue weighted by molar-refractivity contribution is 0.0303. The van der Waals surface area contributed by atoms with Crippen molar-refractivity contribution >= 4 is 44.2 Å². The number of thiophene rings is 1. The lowest BCUT2D eigenvalue weighted by atomic mass is 10.1. The Bertz CT molecular complexity index is 1630. The van der Waals surface area contributed by atoms with Gasteiger partial charge in [0.25, 0.3) is 5.91 Å². The van der Waals surface area contributed by atoms with E-state index < -0.39 is 0 Å². The van der Waals surface area contributed by atoms with E-state index in [9.17, 15) is 4.79 Å². The molecule has 1 amide bonds. The molecule has 2 fully saturated rings. The number of morpholine rings is 2. The van der Waals surface area contributed by atoms with E-state index in [1.54, 1.807) is 11.3 Å². The summed E-state index contributed by atoms with van der Waals surface area (Å²) in [6.45, 7) is 5.30. The summed E-state index contributed by atoms with van der Waals surface area (Å²) in [7, 11) is 0. The minimum Gasteiger partial charge on any atom is -0.378 e. The van der Waals surface area contributed by atoms with Crippen molar-refractivity contribution in [3.05, 3.63) is 60.3 Å². The third kappa shape index (κ3) is 4.20. The molecule has 2 aliphatic heterocycles. The summed E-state index contributed by atoms with van der Waals surface area (Å²) >= 11 is 1.66. The fourth-order valence-corrected chi connectivity index (χ4v) is 6.20. The van der Waals surface area contributed by atoms with Crippen molar-refractivity contribution < 1.29 is 14.3 Å². The van der Waals surface area contributed by atoms with E-state index in [-0.39, 0.29) is 5.91 Å². The third-order valence-electron chi connectivity index (χ3n) is 7.08. The second-order valence-electron chi connectivity index (χ2n) is 9.42. The van der Waals surface area contributed by atoms with Crippen LogP contribution in [0.3, 0.4) is 0 Å².